The van der Waals surface area contributed by atoms with E-state index in [4.69, 9.17) is 11.6 Å². The van der Waals surface area contributed by atoms with Crippen LogP contribution in [-0.2, 0) is 0 Å². The van der Waals surface area contributed by atoms with E-state index >= 15 is 0 Å². The van der Waals surface area contributed by atoms with E-state index in [-0.39, 0.29) is 12.4 Å². The number of hydrogen-bond acceptors (Lipinski definition) is 2. The second-order valence-electron chi connectivity index (χ2n) is 5.62. The van der Waals surface area contributed by atoms with E-state index in [0.717, 1.165) is 28.0 Å². The Morgan fingerprint density at radius 3 is 2.50 bits per heavy atom. The Balaban J connectivity index is 0.00000169. The van der Waals surface area contributed by atoms with E-state index in [1.54, 1.807) is 0 Å². The van der Waals surface area contributed by atoms with E-state index in [0.29, 0.717) is 5.02 Å². The van der Waals surface area contributed by atoms with Crippen molar-refractivity contribution in [3.8, 4) is 0 Å². The average molecular weight is 355 g/mol. The third kappa shape index (κ3) is 3.03. The first kappa shape index (κ1) is 16.6. The largest absolute Gasteiger partial charge is 0.354 e. The molecule has 0 amide bonds. The number of rotatable bonds is 2. The minimum absolute atomic E-state index is 0. The summed E-state index contributed by atoms with van der Waals surface area (Å²) in [4.78, 5) is 4.58. The molecule has 0 fully saturated rings. The van der Waals surface area contributed by atoms with Gasteiger partial charge in [-0.1, -0.05) is 48.0 Å². The number of nitrogens with zero attached hydrogens (tertiary/aromatic N) is 1. The van der Waals surface area contributed by atoms with Crippen molar-refractivity contribution in [2.24, 2.45) is 0 Å². The van der Waals surface area contributed by atoms with Crippen molar-refractivity contribution < 1.29 is 0 Å². The number of nitrogens with one attached hydrogen (secondary N) is 1. The summed E-state index contributed by atoms with van der Waals surface area (Å²) in [5.41, 5.74) is 4.01. The molecule has 0 unspecified atom stereocenters. The number of fused-ring (bicyclic) bond motifs is 2. The van der Waals surface area contributed by atoms with Gasteiger partial charge in [0.25, 0.3) is 0 Å². The van der Waals surface area contributed by atoms with Gasteiger partial charge in [-0.25, -0.2) is 0 Å². The predicted molar refractivity (Wildman–Crippen MR) is 106 cm³/mol. The lowest BCUT2D eigenvalue weighted by Gasteiger charge is -2.13. The van der Waals surface area contributed by atoms with Crippen LogP contribution in [0.15, 0.2) is 66.7 Å². The summed E-state index contributed by atoms with van der Waals surface area (Å²) in [7, 11) is 0. The molecule has 0 saturated carbocycles. The molecular formula is C20H16Cl2N2. The number of anilines is 2. The predicted octanol–water partition coefficient (Wildman–Crippen LogP) is 6.52. The quantitative estimate of drug-likeness (QED) is 0.443. The van der Waals surface area contributed by atoms with Crippen LogP contribution in [0.2, 0.25) is 5.02 Å². The molecule has 0 bridgehead atoms. The Bertz CT molecular complexity index is 1020. The summed E-state index contributed by atoms with van der Waals surface area (Å²) in [5.74, 6) is 0. The number of pyridine rings is 1. The SMILES string of the molecule is Cc1cc(Nc2cccc3ccccc23)c2cc(Cl)ccc2n1.Cl. The van der Waals surface area contributed by atoms with Crippen LogP contribution >= 0.6 is 24.0 Å². The van der Waals surface area contributed by atoms with Crippen molar-refractivity contribution >= 4 is 57.1 Å². The molecule has 1 aromatic heterocycles. The minimum Gasteiger partial charge on any atom is -0.354 e. The van der Waals surface area contributed by atoms with E-state index in [1.807, 2.05) is 25.1 Å². The summed E-state index contributed by atoms with van der Waals surface area (Å²) in [6, 6.07) is 22.5. The highest BCUT2D eigenvalue weighted by atomic mass is 35.5. The van der Waals surface area contributed by atoms with Crippen LogP contribution < -0.4 is 5.32 Å². The van der Waals surface area contributed by atoms with Gasteiger partial charge in [0.2, 0.25) is 0 Å². The highest BCUT2D eigenvalue weighted by Gasteiger charge is 2.07. The van der Waals surface area contributed by atoms with Crippen LogP contribution in [0.5, 0.6) is 0 Å². The molecule has 4 rings (SSSR count). The van der Waals surface area contributed by atoms with Crippen molar-refractivity contribution in [2.75, 3.05) is 5.32 Å². The molecule has 1 heterocycles. The number of hydrogen-bond donors (Lipinski definition) is 1. The molecular weight excluding hydrogens is 339 g/mol. The van der Waals surface area contributed by atoms with Gasteiger partial charge in [-0.15, -0.1) is 12.4 Å². The van der Waals surface area contributed by atoms with Crippen LogP contribution in [0, 0.1) is 6.92 Å². The first-order valence-electron chi connectivity index (χ1n) is 7.52. The molecule has 0 aliphatic rings. The molecule has 1 N–H and O–H groups in total. The maximum absolute atomic E-state index is 6.17. The minimum atomic E-state index is 0. The number of aromatic nitrogens is 1. The van der Waals surface area contributed by atoms with Gasteiger partial charge in [0, 0.05) is 32.9 Å². The Labute approximate surface area is 151 Å². The molecule has 2 nitrogen and oxygen atoms in total. The fraction of sp³-hybridized carbons (Fsp3) is 0.0500. The van der Waals surface area contributed by atoms with Crippen molar-refractivity contribution in [3.63, 3.8) is 0 Å². The van der Waals surface area contributed by atoms with Crippen molar-refractivity contribution in [3.05, 3.63) is 77.4 Å². The van der Waals surface area contributed by atoms with Gasteiger partial charge in [0.15, 0.2) is 0 Å². The van der Waals surface area contributed by atoms with Gasteiger partial charge in [0.05, 0.1) is 5.52 Å². The summed E-state index contributed by atoms with van der Waals surface area (Å²) < 4.78 is 0. The Kier molecular flexibility index (Phi) is 4.61. The van der Waals surface area contributed by atoms with Crippen LogP contribution in [0.1, 0.15) is 5.69 Å². The molecule has 0 radical (unpaired) electrons. The molecule has 3 aromatic carbocycles. The highest BCUT2D eigenvalue weighted by molar-refractivity contribution is 6.31. The number of aryl methyl sites for hydroxylation is 1. The van der Waals surface area contributed by atoms with E-state index in [9.17, 15) is 0 Å². The monoisotopic (exact) mass is 354 g/mol. The molecule has 24 heavy (non-hydrogen) atoms. The lowest BCUT2D eigenvalue weighted by Crippen LogP contribution is -1.95. The van der Waals surface area contributed by atoms with Crippen LogP contribution in [0.3, 0.4) is 0 Å². The molecule has 4 aromatic rings. The molecule has 0 atom stereocenters. The number of benzene rings is 3. The smallest absolute Gasteiger partial charge is 0.0727 e. The van der Waals surface area contributed by atoms with Gasteiger partial charge < -0.3 is 5.32 Å². The van der Waals surface area contributed by atoms with Gasteiger partial charge >= 0.3 is 0 Å². The van der Waals surface area contributed by atoms with E-state index in [2.05, 4.69) is 58.8 Å². The van der Waals surface area contributed by atoms with E-state index in [1.165, 1.54) is 10.8 Å². The van der Waals surface area contributed by atoms with Crippen LogP contribution in [-0.4, -0.2) is 4.98 Å². The standard InChI is InChI=1S/C20H15ClN2.ClH/c1-13-11-20(17-12-15(21)9-10-19(17)22-13)23-18-8-4-6-14-5-2-3-7-16(14)18;/h2-12H,1H3,(H,22,23);1H. The van der Waals surface area contributed by atoms with Crippen molar-refractivity contribution in [1.82, 2.24) is 4.98 Å². The summed E-state index contributed by atoms with van der Waals surface area (Å²) >= 11 is 6.17. The normalized spacial score (nSPS) is 10.6. The third-order valence-corrected chi connectivity index (χ3v) is 4.19. The molecule has 4 heteroatoms. The highest BCUT2D eigenvalue weighted by Crippen LogP contribution is 2.31. The Morgan fingerprint density at radius 1 is 0.833 bits per heavy atom. The first-order valence-corrected chi connectivity index (χ1v) is 7.90. The van der Waals surface area contributed by atoms with Gasteiger partial charge in [-0.05, 0) is 42.6 Å². The van der Waals surface area contributed by atoms with Gasteiger partial charge in [-0.3, -0.25) is 4.98 Å². The molecule has 0 saturated heterocycles. The average Bonchev–Trinajstić information content (AvgIpc) is 2.56. The van der Waals surface area contributed by atoms with Crippen molar-refractivity contribution in [1.29, 1.82) is 0 Å². The maximum atomic E-state index is 6.17. The first-order chi connectivity index (χ1) is 11.2. The van der Waals surface area contributed by atoms with Gasteiger partial charge in [-0.2, -0.15) is 0 Å². The van der Waals surface area contributed by atoms with Crippen LogP contribution in [0.25, 0.3) is 21.7 Å². The molecule has 120 valence electrons. The molecule has 0 aliphatic carbocycles. The van der Waals surface area contributed by atoms with Crippen LogP contribution in [0.4, 0.5) is 11.4 Å². The number of halogens is 2. The Hall–Kier alpha value is -2.29. The lowest BCUT2D eigenvalue weighted by molar-refractivity contribution is 1.25. The fourth-order valence-corrected chi connectivity index (χ4v) is 3.09. The topological polar surface area (TPSA) is 24.9 Å². The zero-order chi connectivity index (χ0) is 15.8. The zero-order valence-electron chi connectivity index (χ0n) is 13.1. The maximum Gasteiger partial charge on any atom is 0.0727 e. The van der Waals surface area contributed by atoms with E-state index < -0.39 is 0 Å². The summed E-state index contributed by atoms with van der Waals surface area (Å²) in [6.07, 6.45) is 0. The summed E-state index contributed by atoms with van der Waals surface area (Å²) in [6.45, 7) is 2.00. The molecule has 0 spiro atoms. The van der Waals surface area contributed by atoms with Crippen molar-refractivity contribution in [2.45, 2.75) is 6.92 Å². The Morgan fingerprint density at radius 2 is 1.62 bits per heavy atom. The summed E-state index contributed by atoms with van der Waals surface area (Å²) in [5, 5.41) is 7.70. The lowest BCUT2D eigenvalue weighted by atomic mass is 10.1. The second kappa shape index (κ2) is 6.68. The van der Waals surface area contributed by atoms with Gasteiger partial charge in [0.1, 0.15) is 0 Å². The third-order valence-electron chi connectivity index (χ3n) is 3.96. The fourth-order valence-electron chi connectivity index (χ4n) is 2.91. The zero-order valence-corrected chi connectivity index (χ0v) is 14.7. The molecule has 0 aliphatic heterocycles. The second-order valence-corrected chi connectivity index (χ2v) is 6.06.